The van der Waals surface area contributed by atoms with Crippen molar-refractivity contribution in [2.45, 2.75) is 19.5 Å². The van der Waals surface area contributed by atoms with Crippen molar-refractivity contribution in [3.05, 3.63) is 70.8 Å². The van der Waals surface area contributed by atoms with Crippen LogP contribution in [0.4, 0.5) is 0 Å². The van der Waals surface area contributed by atoms with Crippen molar-refractivity contribution < 1.29 is 14.4 Å². The highest BCUT2D eigenvalue weighted by Crippen LogP contribution is 2.12. The van der Waals surface area contributed by atoms with E-state index in [0.29, 0.717) is 26.3 Å². The van der Waals surface area contributed by atoms with Gasteiger partial charge in [0.1, 0.15) is 13.1 Å². The van der Waals surface area contributed by atoms with Gasteiger partial charge in [-0.05, 0) is 17.7 Å². The number of nitrogens with zero attached hydrogens (tertiary/aromatic N) is 1. The monoisotopic (exact) mass is 337 g/mol. The topological polar surface area (TPSA) is 34.0 Å². The standard InChI is InChI=1S/C21H24N2O2/c24-21(23-11-13-25-14-12-23)19-7-5-17(6-8-19)15-22-10-9-18-3-1-2-4-20(18)16-22/h1-8H,9-16H2/p+1. The summed E-state index contributed by atoms with van der Waals surface area (Å²) in [6, 6.07) is 16.9. The molecule has 0 spiro atoms. The Kier molecular flexibility index (Phi) is 4.81. The molecule has 1 saturated heterocycles. The number of hydrogen-bond acceptors (Lipinski definition) is 2. The molecule has 1 fully saturated rings. The predicted octanol–water partition coefficient (Wildman–Crippen LogP) is 1.30. The van der Waals surface area contributed by atoms with Gasteiger partial charge in [0.05, 0.1) is 19.8 Å². The van der Waals surface area contributed by atoms with Gasteiger partial charge in [-0.1, -0.05) is 36.4 Å². The molecule has 1 amide bonds. The van der Waals surface area contributed by atoms with E-state index in [1.165, 1.54) is 23.2 Å². The van der Waals surface area contributed by atoms with Gasteiger partial charge in [-0.2, -0.15) is 0 Å². The predicted molar refractivity (Wildman–Crippen MR) is 96.5 cm³/mol. The zero-order valence-corrected chi connectivity index (χ0v) is 14.5. The molecule has 2 aromatic carbocycles. The molecule has 0 aliphatic carbocycles. The van der Waals surface area contributed by atoms with E-state index in [-0.39, 0.29) is 5.91 Å². The molecular formula is C21H25N2O2+. The first-order chi connectivity index (χ1) is 12.3. The van der Waals surface area contributed by atoms with Crippen LogP contribution in [-0.4, -0.2) is 43.7 Å². The Morgan fingerprint density at radius 1 is 1.00 bits per heavy atom. The van der Waals surface area contributed by atoms with Crippen LogP contribution in [0.2, 0.25) is 0 Å². The summed E-state index contributed by atoms with van der Waals surface area (Å²) in [6.07, 6.45) is 1.15. The highest BCUT2D eigenvalue weighted by molar-refractivity contribution is 5.94. The lowest BCUT2D eigenvalue weighted by molar-refractivity contribution is -0.929. The molecule has 2 aromatic rings. The van der Waals surface area contributed by atoms with Gasteiger partial charge in [0.25, 0.3) is 5.91 Å². The van der Waals surface area contributed by atoms with Crippen LogP contribution in [0.25, 0.3) is 0 Å². The summed E-state index contributed by atoms with van der Waals surface area (Å²) >= 11 is 0. The number of amides is 1. The Bertz CT molecular complexity index is 736. The summed E-state index contributed by atoms with van der Waals surface area (Å²) in [5.41, 5.74) is 5.05. The number of ether oxygens (including phenoxy) is 1. The SMILES string of the molecule is O=C(c1ccc(C[NH+]2CCc3ccccc3C2)cc1)N1CCOCC1. The fourth-order valence-electron chi connectivity index (χ4n) is 3.80. The summed E-state index contributed by atoms with van der Waals surface area (Å²) < 4.78 is 5.32. The molecule has 4 nitrogen and oxygen atoms in total. The van der Waals surface area contributed by atoms with Crippen molar-refractivity contribution in [2.24, 2.45) is 0 Å². The van der Waals surface area contributed by atoms with Crippen molar-refractivity contribution in [2.75, 3.05) is 32.8 Å². The number of benzene rings is 2. The Morgan fingerprint density at radius 3 is 2.48 bits per heavy atom. The van der Waals surface area contributed by atoms with E-state index >= 15 is 0 Å². The van der Waals surface area contributed by atoms with Gasteiger partial charge in [0, 0.05) is 36.2 Å². The van der Waals surface area contributed by atoms with E-state index in [1.54, 1.807) is 4.90 Å². The summed E-state index contributed by atoms with van der Waals surface area (Å²) in [7, 11) is 0. The molecule has 25 heavy (non-hydrogen) atoms. The molecule has 1 atom stereocenters. The normalized spacial score (nSPS) is 20.2. The fraction of sp³-hybridized carbons (Fsp3) is 0.381. The summed E-state index contributed by atoms with van der Waals surface area (Å²) in [5, 5.41) is 0. The first-order valence-corrected chi connectivity index (χ1v) is 9.16. The molecule has 0 aromatic heterocycles. The van der Waals surface area contributed by atoms with Gasteiger partial charge in [0.15, 0.2) is 0 Å². The molecule has 0 saturated carbocycles. The number of rotatable bonds is 3. The number of nitrogens with one attached hydrogen (secondary N) is 1. The molecule has 0 bridgehead atoms. The second kappa shape index (κ2) is 7.38. The van der Waals surface area contributed by atoms with Crippen LogP contribution in [-0.2, 0) is 24.2 Å². The van der Waals surface area contributed by atoms with E-state index in [4.69, 9.17) is 4.74 Å². The maximum absolute atomic E-state index is 12.5. The quantitative estimate of drug-likeness (QED) is 0.916. The molecule has 2 aliphatic rings. The van der Waals surface area contributed by atoms with Crippen molar-refractivity contribution >= 4 is 5.91 Å². The van der Waals surface area contributed by atoms with E-state index < -0.39 is 0 Å². The van der Waals surface area contributed by atoms with Crippen LogP contribution in [0.5, 0.6) is 0 Å². The Hall–Kier alpha value is -2.17. The summed E-state index contributed by atoms with van der Waals surface area (Å²) in [5.74, 6) is 0.120. The van der Waals surface area contributed by atoms with E-state index in [9.17, 15) is 4.79 Å². The van der Waals surface area contributed by atoms with Crippen LogP contribution < -0.4 is 4.90 Å². The molecule has 1 N–H and O–H groups in total. The highest BCUT2D eigenvalue weighted by atomic mass is 16.5. The Balaban J connectivity index is 1.38. The number of quaternary nitrogens is 1. The average molecular weight is 337 g/mol. The molecule has 130 valence electrons. The Morgan fingerprint density at radius 2 is 1.72 bits per heavy atom. The minimum Gasteiger partial charge on any atom is -0.378 e. The first-order valence-electron chi connectivity index (χ1n) is 9.16. The third kappa shape index (κ3) is 3.75. The second-order valence-electron chi connectivity index (χ2n) is 6.97. The van der Waals surface area contributed by atoms with Crippen molar-refractivity contribution in [3.8, 4) is 0 Å². The van der Waals surface area contributed by atoms with Crippen LogP contribution >= 0.6 is 0 Å². The second-order valence-corrected chi connectivity index (χ2v) is 6.97. The third-order valence-electron chi connectivity index (χ3n) is 5.26. The van der Waals surface area contributed by atoms with Crippen molar-refractivity contribution in [1.29, 1.82) is 0 Å². The lowest BCUT2D eigenvalue weighted by Gasteiger charge is -2.27. The van der Waals surface area contributed by atoms with Crippen LogP contribution in [0.3, 0.4) is 0 Å². The van der Waals surface area contributed by atoms with E-state index in [2.05, 4.69) is 36.4 Å². The summed E-state index contributed by atoms with van der Waals surface area (Å²) in [6.45, 7) is 5.94. The molecular weight excluding hydrogens is 312 g/mol. The smallest absolute Gasteiger partial charge is 0.254 e. The minimum absolute atomic E-state index is 0.120. The zero-order valence-electron chi connectivity index (χ0n) is 14.5. The lowest BCUT2D eigenvalue weighted by Crippen LogP contribution is -3.10. The molecule has 1 unspecified atom stereocenters. The lowest BCUT2D eigenvalue weighted by atomic mass is 9.99. The van der Waals surface area contributed by atoms with Gasteiger partial charge in [-0.15, -0.1) is 0 Å². The van der Waals surface area contributed by atoms with Gasteiger partial charge in [-0.3, -0.25) is 4.79 Å². The number of hydrogen-bond donors (Lipinski definition) is 1. The Labute approximate surface area is 149 Å². The molecule has 4 rings (SSSR count). The van der Waals surface area contributed by atoms with Crippen molar-refractivity contribution in [1.82, 2.24) is 4.90 Å². The number of morpholine rings is 1. The summed E-state index contributed by atoms with van der Waals surface area (Å²) in [4.78, 5) is 16.0. The highest BCUT2D eigenvalue weighted by Gasteiger charge is 2.20. The van der Waals surface area contributed by atoms with Gasteiger partial charge in [-0.25, -0.2) is 0 Å². The van der Waals surface area contributed by atoms with Gasteiger partial charge in [0.2, 0.25) is 0 Å². The maximum atomic E-state index is 12.5. The van der Waals surface area contributed by atoms with E-state index in [0.717, 1.165) is 25.1 Å². The molecule has 4 heteroatoms. The number of carbonyl (C=O) groups is 1. The largest absolute Gasteiger partial charge is 0.378 e. The molecule has 0 radical (unpaired) electrons. The van der Waals surface area contributed by atoms with Gasteiger partial charge < -0.3 is 14.5 Å². The molecule has 2 heterocycles. The van der Waals surface area contributed by atoms with Gasteiger partial charge >= 0.3 is 0 Å². The van der Waals surface area contributed by atoms with Crippen LogP contribution in [0.15, 0.2) is 48.5 Å². The van der Waals surface area contributed by atoms with Crippen LogP contribution in [0, 0.1) is 0 Å². The first kappa shape index (κ1) is 16.3. The molecule has 2 aliphatic heterocycles. The minimum atomic E-state index is 0.120. The number of fused-ring (bicyclic) bond motifs is 1. The zero-order chi connectivity index (χ0) is 17.1. The van der Waals surface area contributed by atoms with E-state index in [1.807, 2.05) is 17.0 Å². The maximum Gasteiger partial charge on any atom is 0.254 e. The van der Waals surface area contributed by atoms with Crippen molar-refractivity contribution in [3.63, 3.8) is 0 Å². The fourth-order valence-corrected chi connectivity index (χ4v) is 3.80. The third-order valence-corrected chi connectivity index (χ3v) is 5.26. The average Bonchev–Trinajstić information content (AvgIpc) is 2.69. The number of carbonyl (C=O) groups excluding carboxylic acids is 1. The van der Waals surface area contributed by atoms with Crippen LogP contribution in [0.1, 0.15) is 27.0 Å².